The molecule has 1 heterocycles. The van der Waals surface area contributed by atoms with Gasteiger partial charge in [0, 0.05) is 42.9 Å². The second-order valence-corrected chi connectivity index (χ2v) is 8.45. The topological polar surface area (TPSA) is 86.3 Å². The fourth-order valence-corrected chi connectivity index (χ4v) is 4.05. The van der Waals surface area contributed by atoms with Gasteiger partial charge in [0.25, 0.3) is 0 Å². The maximum Gasteiger partial charge on any atom is 0.329 e. The summed E-state index contributed by atoms with van der Waals surface area (Å²) in [6.07, 6.45) is 0.661. The Morgan fingerprint density at radius 3 is 2.45 bits per heavy atom. The summed E-state index contributed by atoms with van der Waals surface area (Å²) in [5, 5.41) is 13.1. The summed E-state index contributed by atoms with van der Waals surface area (Å²) < 4.78 is 37.4. The van der Waals surface area contributed by atoms with Gasteiger partial charge in [-0.05, 0) is 50.1 Å². The van der Waals surface area contributed by atoms with Crippen molar-refractivity contribution in [3.63, 3.8) is 0 Å². The van der Waals surface area contributed by atoms with Gasteiger partial charge in [-0.2, -0.15) is 0 Å². The highest BCUT2D eigenvalue weighted by Crippen LogP contribution is 2.40. The van der Waals surface area contributed by atoms with Crippen LogP contribution in [0.15, 0.2) is 24.3 Å². The fourth-order valence-electron chi connectivity index (χ4n) is 4.05. The second-order valence-electron chi connectivity index (χ2n) is 8.45. The first-order valence-corrected chi connectivity index (χ1v) is 11.0. The van der Waals surface area contributed by atoms with Crippen LogP contribution in [0, 0.1) is 12.7 Å². The lowest BCUT2D eigenvalue weighted by Gasteiger charge is -2.35. The average Bonchev–Trinajstić information content (AvgIpc) is 2.79. The van der Waals surface area contributed by atoms with E-state index in [4.69, 9.17) is 18.9 Å². The van der Waals surface area contributed by atoms with Crippen LogP contribution < -0.4 is 14.8 Å². The van der Waals surface area contributed by atoms with Crippen LogP contribution in [-0.4, -0.2) is 50.2 Å². The monoisotopic (exact) mass is 461 g/mol. The van der Waals surface area contributed by atoms with Crippen LogP contribution in [-0.2, 0) is 20.9 Å². The smallest absolute Gasteiger partial charge is 0.329 e. The minimum absolute atomic E-state index is 0.0396. The number of ether oxygens (including phenoxy) is 4. The largest absolute Gasteiger partial charge is 0.496 e. The Morgan fingerprint density at radius 1 is 1.18 bits per heavy atom. The molecular formula is C25H32FNO6. The number of benzene rings is 2. The Kier molecular flexibility index (Phi) is 7.81. The quantitative estimate of drug-likeness (QED) is 0.555. The summed E-state index contributed by atoms with van der Waals surface area (Å²) in [6.45, 7) is 6.54. The van der Waals surface area contributed by atoms with Crippen molar-refractivity contribution in [3.8, 4) is 22.6 Å². The predicted octanol–water partition coefficient (Wildman–Crippen LogP) is 4.79. The van der Waals surface area contributed by atoms with Crippen molar-refractivity contribution in [2.24, 2.45) is 0 Å². The molecule has 2 aromatic carbocycles. The molecule has 1 aliphatic heterocycles. The van der Waals surface area contributed by atoms with Crippen molar-refractivity contribution in [2.75, 3.05) is 32.8 Å². The standard InChI is InChI=1S/C25H32FNO6/c1-15(2)33-14-17-12-18(27-25(24(28)29)8-10-32-11-9-25)6-7-19(17)20-13-21(30-4)16(3)23(31-5)22(20)26/h6-7,12-13,15,27H,8-11,14H2,1-5H3,(H,28,29). The molecule has 0 atom stereocenters. The molecule has 0 amide bonds. The zero-order valence-corrected chi connectivity index (χ0v) is 19.8. The van der Waals surface area contributed by atoms with Gasteiger partial charge in [-0.15, -0.1) is 0 Å². The molecule has 1 fully saturated rings. The van der Waals surface area contributed by atoms with E-state index in [-0.39, 0.29) is 18.5 Å². The van der Waals surface area contributed by atoms with Crippen LogP contribution in [0.1, 0.15) is 37.8 Å². The number of halogens is 1. The summed E-state index contributed by atoms with van der Waals surface area (Å²) in [6, 6.07) is 6.98. The molecule has 1 aliphatic rings. The molecule has 33 heavy (non-hydrogen) atoms. The molecule has 0 aromatic heterocycles. The lowest BCUT2D eigenvalue weighted by Crippen LogP contribution is -2.50. The van der Waals surface area contributed by atoms with Gasteiger partial charge < -0.3 is 29.4 Å². The number of carbonyl (C=O) groups is 1. The highest BCUT2D eigenvalue weighted by Gasteiger charge is 2.40. The van der Waals surface area contributed by atoms with E-state index in [1.807, 2.05) is 19.9 Å². The van der Waals surface area contributed by atoms with Crippen LogP contribution in [0.3, 0.4) is 0 Å². The highest BCUT2D eigenvalue weighted by atomic mass is 19.1. The third kappa shape index (κ3) is 5.23. The molecule has 0 unspecified atom stereocenters. The van der Waals surface area contributed by atoms with Crippen molar-refractivity contribution in [3.05, 3.63) is 41.2 Å². The fraction of sp³-hybridized carbons (Fsp3) is 0.480. The summed E-state index contributed by atoms with van der Waals surface area (Å²) in [4.78, 5) is 12.1. The number of nitrogens with one attached hydrogen (secondary N) is 1. The minimum atomic E-state index is -1.11. The summed E-state index contributed by atoms with van der Waals surface area (Å²) in [5.74, 6) is -0.787. The van der Waals surface area contributed by atoms with Crippen molar-refractivity contribution in [1.82, 2.24) is 0 Å². The summed E-state index contributed by atoms with van der Waals surface area (Å²) in [5.41, 5.74) is 1.73. The predicted molar refractivity (Wildman–Crippen MR) is 124 cm³/mol. The van der Waals surface area contributed by atoms with Gasteiger partial charge in [0.1, 0.15) is 11.3 Å². The number of aliphatic carboxylic acids is 1. The lowest BCUT2D eigenvalue weighted by atomic mass is 9.89. The van der Waals surface area contributed by atoms with E-state index in [1.54, 1.807) is 25.1 Å². The molecule has 3 rings (SSSR count). The SMILES string of the molecule is COc1cc(-c2ccc(NC3(C(=O)O)CCOCC3)cc2COC(C)C)c(F)c(OC)c1C. The normalized spacial score (nSPS) is 15.4. The molecule has 0 aliphatic carbocycles. The maximum absolute atomic E-state index is 15.4. The Balaban J connectivity index is 2.09. The van der Waals surface area contributed by atoms with Crippen molar-refractivity contribution >= 4 is 11.7 Å². The number of hydrogen-bond donors (Lipinski definition) is 2. The number of carboxylic acid groups (broad SMARTS) is 1. The zero-order valence-electron chi connectivity index (χ0n) is 19.8. The van der Waals surface area contributed by atoms with Crippen LogP contribution in [0.2, 0.25) is 0 Å². The van der Waals surface area contributed by atoms with E-state index < -0.39 is 17.3 Å². The first kappa shape index (κ1) is 24.8. The lowest BCUT2D eigenvalue weighted by molar-refractivity contribution is -0.145. The number of carboxylic acids is 1. The van der Waals surface area contributed by atoms with Crippen LogP contribution in [0.25, 0.3) is 11.1 Å². The molecule has 7 nitrogen and oxygen atoms in total. The van der Waals surface area contributed by atoms with E-state index >= 15 is 4.39 Å². The van der Waals surface area contributed by atoms with Crippen molar-refractivity contribution < 1.29 is 33.2 Å². The van der Waals surface area contributed by atoms with E-state index in [0.29, 0.717) is 59.7 Å². The molecule has 2 aromatic rings. The Bertz CT molecular complexity index is 1000. The average molecular weight is 462 g/mol. The number of anilines is 1. The van der Waals surface area contributed by atoms with Gasteiger partial charge in [-0.1, -0.05) is 6.07 Å². The van der Waals surface area contributed by atoms with Crippen LogP contribution in [0.4, 0.5) is 10.1 Å². The maximum atomic E-state index is 15.4. The summed E-state index contributed by atoms with van der Waals surface area (Å²) in [7, 11) is 2.95. The second kappa shape index (κ2) is 10.4. The molecule has 2 N–H and O–H groups in total. The van der Waals surface area contributed by atoms with E-state index in [9.17, 15) is 9.90 Å². The zero-order chi connectivity index (χ0) is 24.2. The van der Waals surface area contributed by atoms with Gasteiger partial charge in [0.2, 0.25) is 0 Å². The van der Waals surface area contributed by atoms with E-state index in [2.05, 4.69) is 5.32 Å². The van der Waals surface area contributed by atoms with Crippen LogP contribution >= 0.6 is 0 Å². The first-order valence-electron chi connectivity index (χ1n) is 11.0. The molecule has 180 valence electrons. The van der Waals surface area contributed by atoms with Crippen LogP contribution in [0.5, 0.6) is 11.5 Å². The third-order valence-electron chi connectivity index (χ3n) is 5.95. The number of hydrogen-bond acceptors (Lipinski definition) is 6. The molecular weight excluding hydrogens is 429 g/mol. The van der Waals surface area contributed by atoms with E-state index in [1.165, 1.54) is 14.2 Å². The molecule has 1 saturated heterocycles. The molecule has 8 heteroatoms. The number of rotatable bonds is 9. The summed E-state index contributed by atoms with van der Waals surface area (Å²) >= 11 is 0. The van der Waals surface area contributed by atoms with Gasteiger partial charge in [-0.3, -0.25) is 0 Å². The van der Waals surface area contributed by atoms with Gasteiger partial charge >= 0.3 is 5.97 Å². The Labute approximate surface area is 193 Å². The molecule has 0 radical (unpaired) electrons. The minimum Gasteiger partial charge on any atom is -0.496 e. The Hall–Kier alpha value is -2.84. The van der Waals surface area contributed by atoms with E-state index in [0.717, 1.165) is 0 Å². The highest BCUT2D eigenvalue weighted by molar-refractivity contribution is 5.83. The van der Waals surface area contributed by atoms with Gasteiger partial charge in [0.15, 0.2) is 11.6 Å². The Morgan fingerprint density at radius 2 is 1.88 bits per heavy atom. The molecule has 0 saturated carbocycles. The first-order chi connectivity index (χ1) is 15.7. The van der Waals surface area contributed by atoms with Crippen molar-refractivity contribution in [2.45, 2.75) is 51.9 Å². The number of methoxy groups -OCH3 is 2. The van der Waals surface area contributed by atoms with Crippen molar-refractivity contribution in [1.29, 1.82) is 0 Å². The molecule has 0 spiro atoms. The van der Waals surface area contributed by atoms with Gasteiger partial charge in [0.05, 0.1) is 26.9 Å². The third-order valence-corrected chi connectivity index (χ3v) is 5.95. The molecule has 0 bridgehead atoms. The van der Waals surface area contributed by atoms with Gasteiger partial charge in [-0.25, -0.2) is 9.18 Å².